The first-order valence-corrected chi connectivity index (χ1v) is 8.54. The van der Waals surface area contributed by atoms with Crippen molar-refractivity contribution in [1.29, 1.82) is 0 Å². The van der Waals surface area contributed by atoms with Crippen molar-refractivity contribution in [2.45, 2.75) is 40.2 Å². The molecule has 0 aliphatic rings. The van der Waals surface area contributed by atoms with E-state index in [1.165, 1.54) is 11.1 Å². The average Bonchev–Trinajstić information content (AvgIpc) is 2.61. The van der Waals surface area contributed by atoms with Crippen LogP contribution < -0.4 is 5.32 Å². The van der Waals surface area contributed by atoms with Crippen molar-refractivity contribution in [1.82, 2.24) is 14.9 Å². The number of anilines is 1. The zero-order valence-electron chi connectivity index (χ0n) is 14.7. The molecular formula is C19H26N4O. The largest absolute Gasteiger partial charge is 0.350 e. The standard InChI is InChI=1S/C19H26N4O/c1-4-10-23(11-5-2)18(24)17-13-21-19(22-14-17)20-12-16-8-6-15(3)7-9-16/h6-9,13-14H,4-5,10-12H2,1-3H3,(H,20,21,22). The van der Waals surface area contributed by atoms with E-state index in [0.29, 0.717) is 18.1 Å². The molecule has 1 N–H and O–H groups in total. The van der Waals surface area contributed by atoms with Crippen LogP contribution in [0.5, 0.6) is 0 Å². The highest BCUT2D eigenvalue weighted by molar-refractivity contribution is 5.93. The predicted octanol–water partition coefficient (Wildman–Crippen LogP) is 3.66. The molecule has 0 atom stereocenters. The molecule has 5 nitrogen and oxygen atoms in total. The van der Waals surface area contributed by atoms with Crippen LogP contribution in [0, 0.1) is 6.92 Å². The smallest absolute Gasteiger partial charge is 0.256 e. The fourth-order valence-corrected chi connectivity index (χ4v) is 2.45. The van der Waals surface area contributed by atoms with Crippen LogP contribution in [0.4, 0.5) is 5.95 Å². The van der Waals surface area contributed by atoms with Gasteiger partial charge >= 0.3 is 0 Å². The zero-order valence-corrected chi connectivity index (χ0v) is 14.7. The molecule has 1 heterocycles. The van der Waals surface area contributed by atoms with Crippen LogP contribution in [-0.2, 0) is 6.54 Å². The molecule has 0 radical (unpaired) electrons. The monoisotopic (exact) mass is 326 g/mol. The molecule has 0 saturated heterocycles. The van der Waals surface area contributed by atoms with Crippen molar-refractivity contribution in [3.8, 4) is 0 Å². The minimum absolute atomic E-state index is 0.00350. The molecular weight excluding hydrogens is 300 g/mol. The van der Waals surface area contributed by atoms with Gasteiger partial charge in [0, 0.05) is 32.0 Å². The molecule has 24 heavy (non-hydrogen) atoms. The van der Waals surface area contributed by atoms with E-state index in [9.17, 15) is 4.79 Å². The molecule has 1 aromatic carbocycles. The summed E-state index contributed by atoms with van der Waals surface area (Å²) < 4.78 is 0. The summed E-state index contributed by atoms with van der Waals surface area (Å²) in [6, 6.07) is 8.31. The van der Waals surface area contributed by atoms with Crippen LogP contribution >= 0.6 is 0 Å². The third kappa shape index (κ3) is 5.05. The van der Waals surface area contributed by atoms with E-state index >= 15 is 0 Å². The quantitative estimate of drug-likeness (QED) is 0.804. The van der Waals surface area contributed by atoms with Crippen molar-refractivity contribution in [2.75, 3.05) is 18.4 Å². The van der Waals surface area contributed by atoms with Crippen LogP contribution in [0.3, 0.4) is 0 Å². The van der Waals surface area contributed by atoms with Crippen molar-refractivity contribution in [3.05, 3.63) is 53.3 Å². The molecule has 0 aliphatic heterocycles. The normalized spacial score (nSPS) is 10.5. The molecule has 0 spiro atoms. The molecule has 2 rings (SSSR count). The molecule has 128 valence electrons. The fraction of sp³-hybridized carbons (Fsp3) is 0.421. The molecule has 5 heteroatoms. The van der Waals surface area contributed by atoms with Gasteiger partial charge in [-0.3, -0.25) is 4.79 Å². The number of benzene rings is 1. The Balaban J connectivity index is 1.96. The Morgan fingerprint density at radius 1 is 1.04 bits per heavy atom. The molecule has 0 aliphatic carbocycles. The lowest BCUT2D eigenvalue weighted by Gasteiger charge is -2.21. The Morgan fingerprint density at radius 3 is 2.17 bits per heavy atom. The van der Waals surface area contributed by atoms with Gasteiger partial charge < -0.3 is 10.2 Å². The van der Waals surface area contributed by atoms with E-state index in [1.54, 1.807) is 12.4 Å². The molecule has 2 aromatic rings. The third-order valence-electron chi connectivity index (χ3n) is 3.74. The van der Waals surface area contributed by atoms with E-state index in [-0.39, 0.29) is 5.91 Å². The van der Waals surface area contributed by atoms with E-state index in [2.05, 4.69) is 60.3 Å². The summed E-state index contributed by atoms with van der Waals surface area (Å²) in [6.07, 6.45) is 5.10. The van der Waals surface area contributed by atoms with Crippen molar-refractivity contribution in [3.63, 3.8) is 0 Å². The van der Waals surface area contributed by atoms with E-state index in [1.807, 2.05) is 4.90 Å². The van der Waals surface area contributed by atoms with Gasteiger partial charge in [-0.05, 0) is 25.3 Å². The van der Waals surface area contributed by atoms with Crippen molar-refractivity contribution >= 4 is 11.9 Å². The second-order valence-electron chi connectivity index (χ2n) is 5.93. The van der Waals surface area contributed by atoms with Crippen LogP contribution in [0.15, 0.2) is 36.7 Å². The number of carbonyl (C=O) groups excluding carboxylic acids is 1. The van der Waals surface area contributed by atoms with Gasteiger partial charge in [0.15, 0.2) is 0 Å². The van der Waals surface area contributed by atoms with Gasteiger partial charge in [-0.1, -0.05) is 43.7 Å². The Bertz CT molecular complexity index is 631. The number of hydrogen-bond acceptors (Lipinski definition) is 4. The molecule has 0 bridgehead atoms. The van der Waals surface area contributed by atoms with Crippen LogP contribution in [0.2, 0.25) is 0 Å². The van der Waals surface area contributed by atoms with E-state index in [0.717, 1.165) is 25.9 Å². The number of nitrogens with one attached hydrogen (secondary N) is 1. The number of carbonyl (C=O) groups is 1. The lowest BCUT2D eigenvalue weighted by Crippen LogP contribution is -2.32. The van der Waals surface area contributed by atoms with Gasteiger partial charge in [0.1, 0.15) is 0 Å². The molecule has 0 saturated carbocycles. The maximum atomic E-state index is 12.5. The molecule has 1 aromatic heterocycles. The first-order valence-electron chi connectivity index (χ1n) is 8.54. The summed E-state index contributed by atoms with van der Waals surface area (Å²) in [5.41, 5.74) is 2.95. The van der Waals surface area contributed by atoms with Gasteiger partial charge in [0.05, 0.1) is 5.56 Å². The lowest BCUT2D eigenvalue weighted by molar-refractivity contribution is 0.0754. The Labute approximate surface area is 144 Å². The number of aryl methyl sites for hydroxylation is 1. The zero-order chi connectivity index (χ0) is 17.4. The van der Waals surface area contributed by atoms with E-state index in [4.69, 9.17) is 0 Å². The molecule has 1 amide bonds. The summed E-state index contributed by atoms with van der Waals surface area (Å²) in [4.78, 5) is 22.9. The Morgan fingerprint density at radius 2 is 1.62 bits per heavy atom. The van der Waals surface area contributed by atoms with Gasteiger partial charge in [0.25, 0.3) is 5.91 Å². The minimum atomic E-state index is 0.00350. The second-order valence-corrected chi connectivity index (χ2v) is 5.93. The Hall–Kier alpha value is -2.43. The summed E-state index contributed by atoms with van der Waals surface area (Å²) in [6.45, 7) is 8.40. The van der Waals surface area contributed by atoms with Crippen LogP contribution in [0.1, 0.15) is 48.2 Å². The topological polar surface area (TPSA) is 58.1 Å². The number of hydrogen-bond donors (Lipinski definition) is 1. The number of aromatic nitrogens is 2. The first-order chi connectivity index (χ1) is 11.6. The third-order valence-corrected chi connectivity index (χ3v) is 3.74. The summed E-state index contributed by atoms with van der Waals surface area (Å²) in [5.74, 6) is 0.536. The highest BCUT2D eigenvalue weighted by Crippen LogP contribution is 2.08. The van der Waals surface area contributed by atoms with Crippen LogP contribution in [0.25, 0.3) is 0 Å². The highest BCUT2D eigenvalue weighted by atomic mass is 16.2. The first kappa shape index (κ1) is 17.9. The van der Waals surface area contributed by atoms with Crippen molar-refractivity contribution < 1.29 is 4.79 Å². The average molecular weight is 326 g/mol. The number of nitrogens with zero attached hydrogens (tertiary/aromatic N) is 3. The number of rotatable bonds is 8. The van der Waals surface area contributed by atoms with Gasteiger partial charge in [-0.15, -0.1) is 0 Å². The summed E-state index contributed by atoms with van der Waals surface area (Å²) >= 11 is 0. The maximum Gasteiger partial charge on any atom is 0.256 e. The van der Waals surface area contributed by atoms with Crippen molar-refractivity contribution in [2.24, 2.45) is 0 Å². The number of amides is 1. The van der Waals surface area contributed by atoms with Crippen LogP contribution in [-0.4, -0.2) is 33.9 Å². The maximum absolute atomic E-state index is 12.5. The summed E-state index contributed by atoms with van der Waals surface area (Å²) in [5, 5.41) is 3.18. The van der Waals surface area contributed by atoms with Gasteiger partial charge in [-0.2, -0.15) is 0 Å². The lowest BCUT2D eigenvalue weighted by atomic mass is 10.1. The minimum Gasteiger partial charge on any atom is -0.350 e. The fourth-order valence-electron chi connectivity index (χ4n) is 2.45. The molecule has 0 unspecified atom stereocenters. The SMILES string of the molecule is CCCN(CCC)C(=O)c1cnc(NCc2ccc(C)cc2)nc1. The Kier molecular flexibility index (Phi) is 6.73. The molecule has 0 fully saturated rings. The second kappa shape index (κ2) is 9.01. The van der Waals surface area contributed by atoms with E-state index < -0.39 is 0 Å². The van der Waals surface area contributed by atoms with Gasteiger partial charge in [0.2, 0.25) is 5.95 Å². The summed E-state index contributed by atoms with van der Waals surface area (Å²) in [7, 11) is 0. The predicted molar refractivity (Wildman–Crippen MR) is 97.0 cm³/mol. The van der Waals surface area contributed by atoms with Gasteiger partial charge in [-0.25, -0.2) is 9.97 Å². The highest BCUT2D eigenvalue weighted by Gasteiger charge is 2.15.